The van der Waals surface area contributed by atoms with Crippen molar-refractivity contribution < 1.29 is 14.7 Å². The number of carbonyl (C=O) groups excluding carboxylic acids is 1. The zero-order valence-electron chi connectivity index (χ0n) is 11.4. The molecule has 19 heavy (non-hydrogen) atoms. The van der Waals surface area contributed by atoms with E-state index in [0.717, 1.165) is 5.56 Å². The summed E-state index contributed by atoms with van der Waals surface area (Å²) < 4.78 is 0. The van der Waals surface area contributed by atoms with Crippen LogP contribution in [0.5, 0.6) is 0 Å². The Morgan fingerprint density at radius 2 is 2.05 bits per heavy atom. The number of nitrogens with one attached hydrogen (secondary N) is 2. The van der Waals surface area contributed by atoms with Crippen LogP contribution in [0.2, 0.25) is 0 Å². The van der Waals surface area contributed by atoms with Gasteiger partial charge in [-0.25, -0.2) is 0 Å². The van der Waals surface area contributed by atoms with Crippen molar-refractivity contribution in [2.45, 2.75) is 32.9 Å². The number of hydrogen-bond acceptors (Lipinski definition) is 3. The number of hydrogen-bond donors (Lipinski definition) is 3. The first-order chi connectivity index (χ1) is 8.90. The first kappa shape index (κ1) is 15.2. The molecule has 0 fully saturated rings. The van der Waals surface area contributed by atoms with Gasteiger partial charge in [0.25, 0.3) is 0 Å². The number of aryl methyl sites for hydroxylation is 1. The first-order valence-electron chi connectivity index (χ1n) is 6.20. The van der Waals surface area contributed by atoms with E-state index < -0.39 is 12.0 Å². The molecular formula is C14H20N2O3. The Morgan fingerprint density at radius 1 is 1.37 bits per heavy atom. The number of rotatable bonds is 6. The van der Waals surface area contributed by atoms with Crippen LogP contribution in [0.1, 0.15) is 31.0 Å². The summed E-state index contributed by atoms with van der Waals surface area (Å²) in [5.74, 6) is -1.06. The van der Waals surface area contributed by atoms with Gasteiger partial charge in [-0.1, -0.05) is 29.8 Å². The molecule has 2 unspecified atom stereocenters. The van der Waals surface area contributed by atoms with Gasteiger partial charge in [-0.2, -0.15) is 0 Å². The maximum absolute atomic E-state index is 11.3. The average molecular weight is 264 g/mol. The predicted octanol–water partition coefficient (Wildman–Crippen LogP) is 1.23. The molecule has 0 radical (unpaired) electrons. The molecule has 1 aromatic carbocycles. The van der Waals surface area contributed by atoms with Crippen LogP contribution in [0.25, 0.3) is 0 Å². The minimum absolute atomic E-state index is 0.121. The molecule has 0 bridgehead atoms. The molecule has 5 heteroatoms. The monoisotopic (exact) mass is 264 g/mol. The number of carboxylic acids is 1. The highest BCUT2D eigenvalue weighted by molar-refractivity contribution is 5.75. The van der Waals surface area contributed by atoms with Crippen molar-refractivity contribution >= 4 is 11.9 Å². The molecule has 0 saturated heterocycles. The fourth-order valence-corrected chi connectivity index (χ4v) is 1.89. The molecule has 1 aromatic rings. The van der Waals surface area contributed by atoms with E-state index in [0.29, 0.717) is 12.1 Å². The van der Waals surface area contributed by atoms with Crippen LogP contribution in [0, 0.1) is 6.92 Å². The standard InChI is InChI=1S/C14H20N2O3/c1-9-5-4-6-12(7-9)13(14(18)19)15-8-10(2)16-11(3)17/h4-7,10,13,15H,8H2,1-3H3,(H,16,17)(H,18,19). The zero-order chi connectivity index (χ0) is 14.4. The van der Waals surface area contributed by atoms with Gasteiger partial charge >= 0.3 is 5.97 Å². The van der Waals surface area contributed by atoms with Crippen LogP contribution in [-0.4, -0.2) is 29.6 Å². The molecule has 3 N–H and O–H groups in total. The predicted molar refractivity (Wildman–Crippen MR) is 72.8 cm³/mol. The summed E-state index contributed by atoms with van der Waals surface area (Å²) in [6.45, 7) is 5.57. The molecular weight excluding hydrogens is 244 g/mol. The highest BCUT2D eigenvalue weighted by Gasteiger charge is 2.20. The second kappa shape index (κ2) is 6.89. The largest absolute Gasteiger partial charge is 0.480 e. The van der Waals surface area contributed by atoms with Crippen LogP contribution in [-0.2, 0) is 9.59 Å². The van der Waals surface area contributed by atoms with E-state index in [2.05, 4.69) is 10.6 Å². The van der Waals surface area contributed by atoms with Gasteiger partial charge in [0.05, 0.1) is 0 Å². The van der Waals surface area contributed by atoms with E-state index in [1.165, 1.54) is 6.92 Å². The summed E-state index contributed by atoms with van der Waals surface area (Å²) in [5, 5.41) is 14.9. The third-order valence-corrected chi connectivity index (χ3v) is 2.70. The molecule has 104 valence electrons. The maximum Gasteiger partial charge on any atom is 0.325 e. The smallest absolute Gasteiger partial charge is 0.325 e. The van der Waals surface area contributed by atoms with Gasteiger partial charge in [-0.05, 0) is 19.4 Å². The van der Waals surface area contributed by atoms with Gasteiger partial charge in [0.15, 0.2) is 0 Å². The molecule has 0 saturated carbocycles. The zero-order valence-corrected chi connectivity index (χ0v) is 11.4. The van der Waals surface area contributed by atoms with Gasteiger partial charge in [0, 0.05) is 19.5 Å². The number of carboxylic acid groups (broad SMARTS) is 1. The van der Waals surface area contributed by atoms with E-state index in [4.69, 9.17) is 0 Å². The molecule has 0 aromatic heterocycles. The van der Waals surface area contributed by atoms with Crippen LogP contribution < -0.4 is 10.6 Å². The summed E-state index contributed by atoms with van der Waals surface area (Å²) in [5.41, 5.74) is 1.72. The Hall–Kier alpha value is -1.88. The van der Waals surface area contributed by atoms with Crippen LogP contribution in [0.3, 0.4) is 0 Å². The van der Waals surface area contributed by atoms with Crippen molar-refractivity contribution in [3.05, 3.63) is 35.4 Å². The molecule has 1 rings (SSSR count). The van der Waals surface area contributed by atoms with Crippen molar-refractivity contribution in [1.82, 2.24) is 10.6 Å². The van der Waals surface area contributed by atoms with E-state index in [-0.39, 0.29) is 11.9 Å². The normalized spacial score (nSPS) is 13.6. The van der Waals surface area contributed by atoms with Crippen molar-refractivity contribution in [3.8, 4) is 0 Å². The third-order valence-electron chi connectivity index (χ3n) is 2.70. The molecule has 5 nitrogen and oxygen atoms in total. The van der Waals surface area contributed by atoms with Gasteiger partial charge in [-0.3, -0.25) is 14.9 Å². The average Bonchev–Trinajstić information content (AvgIpc) is 2.27. The number of carbonyl (C=O) groups is 2. The fraction of sp³-hybridized carbons (Fsp3) is 0.429. The van der Waals surface area contributed by atoms with Gasteiger partial charge in [0.2, 0.25) is 5.91 Å². The molecule has 2 atom stereocenters. The first-order valence-corrected chi connectivity index (χ1v) is 6.20. The van der Waals surface area contributed by atoms with Crippen LogP contribution in [0.15, 0.2) is 24.3 Å². The molecule has 0 aliphatic rings. The van der Waals surface area contributed by atoms with E-state index in [9.17, 15) is 14.7 Å². The van der Waals surface area contributed by atoms with E-state index >= 15 is 0 Å². The van der Waals surface area contributed by atoms with E-state index in [1.54, 1.807) is 6.07 Å². The second-order valence-corrected chi connectivity index (χ2v) is 4.70. The summed E-state index contributed by atoms with van der Waals surface area (Å²) in [6.07, 6.45) is 0. The third kappa shape index (κ3) is 5.09. The minimum Gasteiger partial charge on any atom is -0.480 e. The maximum atomic E-state index is 11.3. The lowest BCUT2D eigenvalue weighted by atomic mass is 10.0. The quantitative estimate of drug-likeness (QED) is 0.722. The van der Waals surface area contributed by atoms with Gasteiger partial charge in [-0.15, -0.1) is 0 Å². The van der Waals surface area contributed by atoms with Gasteiger partial charge in [0.1, 0.15) is 6.04 Å². The highest BCUT2D eigenvalue weighted by Crippen LogP contribution is 2.14. The fourth-order valence-electron chi connectivity index (χ4n) is 1.89. The lowest BCUT2D eigenvalue weighted by molar-refractivity contribution is -0.139. The summed E-state index contributed by atoms with van der Waals surface area (Å²) >= 11 is 0. The van der Waals surface area contributed by atoms with Crippen molar-refractivity contribution in [1.29, 1.82) is 0 Å². The van der Waals surface area contributed by atoms with Crippen molar-refractivity contribution in [2.24, 2.45) is 0 Å². The van der Waals surface area contributed by atoms with Crippen molar-refractivity contribution in [2.75, 3.05) is 6.54 Å². The molecule has 0 aliphatic carbocycles. The number of amides is 1. The summed E-state index contributed by atoms with van der Waals surface area (Å²) in [6, 6.07) is 6.48. The molecule has 0 heterocycles. The Morgan fingerprint density at radius 3 is 2.58 bits per heavy atom. The van der Waals surface area contributed by atoms with Gasteiger partial charge < -0.3 is 10.4 Å². The second-order valence-electron chi connectivity index (χ2n) is 4.70. The lowest BCUT2D eigenvalue weighted by Gasteiger charge is -2.19. The Kier molecular flexibility index (Phi) is 5.51. The Balaban J connectivity index is 2.69. The summed E-state index contributed by atoms with van der Waals surface area (Å²) in [4.78, 5) is 22.2. The topological polar surface area (TPSA) is 78.4 Å². The Labute approximate surface area is 113 Å². The molecule has 0 spiro atoms. The summed E-state index contributed by atoms with van der Waals surface area (Å²) in [7, 11) is 0. The highest BCUT2D eigenvalue weighted by atomic mass is 16.4. The Bertz CT molecular complexity index is 460. The SMILES string of the molecule is CC(=O)NC(C)CNC(C(=O)O)c1cccc(C)c1. The number of aliphatic carboxylic acids is 1. The molecule has 1 amide bonds. The molecule has 0 aliphatic heterocycles. The number of benzene rings is 1. The van der Waals surface area contributed by atoms with E-state index in [1.807, 2.05) is 32.0 Å². The van der Waals surface area contributed by atoms with Crippen LogP contribution in [0.4, 0.5) is 0 Å². The minimum atomic E-state index is -0.930. The van der Waals surface area contributed by atoms with Crippen molar-refractivity contribution in [3.63, 3.8) is 0 Å². The van der Waals surface area contributed by atoms with Crippen LogP contribution >= 0.6 is 0 Å². The lowest BCUT2D eigenvalue weighted by Crippen LogP contribution is -2.41.